The summed E-state index contributed by atoms with van der Waals surface area (Å²) in [7, 11) is 0. The van der Waals surface area contributed by atoms with Gasteiger partial charge in [-0.2, -0.15) is 18.4 Å². The highest BCUT2D eigenvalue weighted by molar-refractivity contribution is 5.96. The first-order valence-electron chi connectivity index (χ1n) is 4.37. The van der Waals surface area contributed by atoms with Gasteiger partial charge in [0.15, 0.2) is 0 Å². The first kappa shape index (κ1) is 12.8. The summed E-state index contributed by atoms with van der Waals surface area (Å²) in [6.07, 6.45) is -3.43. The van der Waals surface area contributed by atoms with Crippen LogP contribution in [0.5, 0.6) is 0 Å². The molecular weight excluding hydrogens is 235 g/mol. The number of carboxylic acid groups (broad SMARTS) is 1. The SMILES string of the molecule is N#CC(=Cc1ccc(C(F)(F)F)cc1)C(=O)O. The molecule has 1 rings (SSSR count). The summed E-state index contributed by atoms with van der Waals surface area (Å²) in [5, 5.41) is 17.0. The van der Waals surface area contributed by atoms with Crippen molar-refractivity contribution in [1.29, 1.82) is 5.26 Å². The fraction of sp³-hybridized carbons (Fsp3) is 0.0909. The Kier molecular flexibility index (Phi) is 3.53. The molecule has 1 aromatic carbocycles. The van der Waals surface area contributed by atoms with Gasteiger partial charge in [-0.25, -0.2) is 4.79 Å². The molecule has 0 aliphatic heterocycles. The van der Waals surface area contributed by atoms with E-state index in [1.54, 1.807) is 0 Å². The van der Waals surface area contributed by atoms with Crippen LogP contribution in [0.25, 0.3) is 6.08 Å². The van der Waals surface area contributed by atoms with Crippen molar-refractivity contribution >= 4 is 12.0 Å². The number of carbonyl (C=O) groups is 1. The Morgan fingerprint density at radius 1 is 1.29 bits per heavy atom. The van der Waals surface area contributed by atoms with Crippen LogP contribution in [-0.2, 0) is 11.0 Å². The van der Waals surface area contributed by atoms with Crippen LogP contribution in [0.15, 0.2) is 29.8 Å². The second kappa shape index (κ2) is 4.70. The molecule has 0 aliphatic rings. The number of rotatable bonds is 2. The molecule has 0 radical (unpaired) electrons. The molecule has 0 bridgehead atoms. The summed E-state index contributed by atoms with van der Waals surface area (Å²) in [6, 6.07) is 5.28. The minimum absolute atomic E-state index is 0.219. The Morgan fingerprint density at radius 2 is 1.82 bits per heavy atom. The van der Waals surface area contributed by atoms with E-state index in [-0.39, 0.29) is 5.56 Å². The molecule has 1 N–H and O–H groups in total. The van der Waals surface area contributed by atoms with Gasteiger partial charge in [-0.15, -0.1) is 0 Å². The van der Waals surface area contributed by atoms with Crippen LogP contribution in [-0.4, -0.2) is 11.1 Å². The Hall–Kier alpha value is -2.29. The summed E-state index contributed by atoms with van der Waals surface area (Å²) in [6.45, 7) is 0. The number of hydrogen-bond donors (Lipinski definition) is 1. The van der Waals surface area contributed by atoms with Crippen molar-refractivity contribution in [2.75, 3.05) is 0 Å². The van der Waals surface area contributed by atoms with E-state index in [0.717, 1.165) is 30.3 Å². The van der Waals surface area contributed by atoms with E-state index in [1.807, 2.05) is 0 Å². The topological polar surface area (TPSA) is 61.1 Å². The molecular formula is C11H6F3NO2. The standard InChI is InChI=1S/C11H6F3NO2/c12-11(13,14)9-3-1-7(2-4-9)5-8(6-15)10(16)17/h1-5H,(H,16,17). The average molecular weight is 241 g/mol. The molecule has 0 heterocycles. The molecule has 0 spiro atoms. The normalized spacial score (nSPS) is 12.0. The first-order valence-corrected chi connectivity index (χ1v) is 4.37. The third-order valence-electron chi connectivity index (χ3n) is 1.90. The Bertz CT molecular complexity index is 495. The fourth-order valence-corrected chi connectivity index (χ4v) is 1.08. The molecule has 3 nitrogen and oxygen atoms in total. The molecule has 6 heteroatoms. The number of nitrogens with zero attached hydrogens (tertiary/aromatic N) is 1. The zero-order valence-corrected chi connectivity index (χ0v) is 8.32. The van der Waals surface area contributed by atoms with Crippen molar-refractivity contribution in [2.24, 2.45) is 0 Å². The van der Waals surface area contributed by atoms with Gasteiger partial charge in [0.25, 0.3) is 0 Å². The van der Waals surface area contributed by atoms with E-state index in [4.69, 9.17) is 10.4 Å². The van der Waals surface area contributed by atoms with Gasteiger partial charge in [0.05, 0.1) is 5.56 Å². The van der Waals surface area contributed by atoms with Crippen molar-refractivity contribution in [3.05, 3.63) is 41.0 Å². The minimum atomic E-state index is -4.44. The number of nitriles is 1. The van der Waals surface area contributed by atoms with Crippen LogP contribution in [0.4, 0.5) is 13.2 Å². The summed E-state index contributed by atoms with van der Waals surface area (Å²) >= 11 is 0. The quantitative estimate of drug-likeness (QED) is 0.639. The molecule has 0 atom stereocenters. The van der Waals surface area contributed by atoms with Crippen LogP contribution in [0, 0.1) is 11.3 Å². The zero-order chi connectivity index (χ0) is 13.1. The Balaban J connectivity index is 3.05. The van der Waals surface area contributed by atoms with Gasteiger partial charge in [-0.3, -0.25) is 0 Å². The van der Waals surface area contributed by atoms with Crippen LogP contribution in [0.1, 0.15) is 11.1 Å². The van der Waals surface area contributed by atoms with E-state index in [1.165, 1.54) is 6.07 Å². The molecule has 0 aliphatic carbocycles. The third kappa shape index (κ3) is 3.34. The molecule has 0 fully saturated rings. The average Bonchev–Trinajstić information content (AvgIpc) is 2.25. The van der Waals surface area contributed by atoms with Gasteiger partial charge in [-0.05, 0) is 23.8 Å². The summed E-state index contributed by atoms with van der Waals surface area (Å²) in [4.78, 5) is 10.5. The second-order valence-corrected chi connectivity index (χ2v) is 3.09. The molecule has 88 valence electrons. The second-order valence-electron chi connectivity index (χ2n) is 3.09. The predicted octanol–water partition coefficient (Wildman–Crippen LogP) is 2.70. The zero-order valence-electron chi connectivity index (χ0n) is 8.32. The molecule has 1 aromatic rings. The third-order valence-corrected chi connectivity index (χ3v) is 1.90. The van der Waals surface area contributed by atoms with E-state index >= 15 is 0 Å². The van der Waals surface area contributed by atoms with Gasteiger partial charge < -0.3 is 5.11 Å². The molecule has 0 saturated carbocycles. The smallest absolute Gasteiger partial charge is 0.416 e. The first-order chi connectivity index (χ1) is 7.84. The molecule has 0 amide bonds. The highest BCUT2D eigenvalue weighted by Crippen LogP contribution is 2.29. The van der Waals surface area contributed by atoms with Gasteiger partial charge >= 0.3 is 12.1 Å². The number of halogens is 3. The van der Waals surface area contributed by atoms with Crippen LogP contribution in [0.3, 0.4) is 0 Å². The molecule has 0 unspecified atom stereocenters. The highest BCUT2D eigenvalue weighted by Gasteiger charge is 2.29. The van der Waals surface area contributed by atoms with E-state index in [9.17, 15) is 18.0 Å². The molecule has 0 aromatic heterocycles. The van der Waals surface area contributed by atoms with E-state index < -0.39 is 23.3 Å². The number of hydrogen-bond acceptors (Lipinski definition) is 2. The summed E-state index contributed by atoms with van der Waals surface area (Å²) in [5.74, 6) is -1.42. The Morgan fingerprint density at radius 3 is 2.18 bits per heavy atom. The summed E-state index contributed by atoms with van der Waals surface area (Å²) in [5.41, 5.74) is -1.15. The lowest BCUT2D eigenvalue weighted by Crippen LogP contribution is -2.04. The molecule has 17 heavy (non-hydrogen) atoms. The lowest BCUT2D eigenvalue weighted by molar-refractivity contribution is -0.137. The maximum atomic E-state index is 12.2. The number of alkyl halides is 3. The van der Waals surface area contributed by atoms with Gasteiger partial charge in [-0.1, -0.05) is 12.1 Å². The van der Waals surface area contributed by atoms with Crippen LogP contribution < -0.4 is 0 Å². The Labute approximate surface area is 94.4 Å². The van der Waals surface area contributed by atoms with Crippen molar-refractivity contribution in [1.82, 2.24) is 0 Å². The maximum Gasteiger partial charge on any atom is 0.416 e. The van der Waals surface area contributed by atoms with E-state index in [2.05, 4.69) is 0 Å². The van der Waals surface area contributed by atoms with Crippen LogP contribution >= 0.6 is 0 Å². The fourth-order valence-electron chi connectivity index (χ4n) is 1.08. The van der Waals surface area contributed by atoms with E-state index in [0.29, 0.717) is 0 Å². The predicted molar refractivity (Wildman–Crippen MR) is 52.7 cm³/mol. The lowest BCUT2D eigenvalue weighted by Gasteiger charge is -2.05. The number of benzene rings is 1. The van der Waals surface area contributed by atoms with Crippen molar-refractivity contribution in [2.45, 2.75) is 6.18 Å². The number of aliphatic carboxylic acids is 1. The maximum absolute atomic E-state index is 12.2. The van der Waals surface area contributed by atoms with Crippen molar-refractivity contribution in [3.8, 4) is 6.07 Å². The van der Waals surface area contributed by atoms with Crippen molar-refractivity contribution < 1.29 is 23.1 Å². The van der Waals surface area contributed by atoms with Gasteiger partial charge in [0, 0.05) is 0 Å². The van der Waals surface area contributed by atoms with Crippen molar-refractivity contribution in [3.63, 3.8) is 0 Å². The highest BCUT2D eigenvalue weighted by atomic mass is 19.4. The van der Waals surface area contributed by atoms with Crippen LogP contribution in [0.2, 0.25) is 0 Å². The lowest BCUT2D eigenvalue weighted by atomic mass is 10.1. The van der Waals surface area contributed by atoms with Gasteiger partial charge in [0.2, 0.25) is 0 Å². The minimum Gasteiger partial charge on any atom is -0.477 e. The molecule has 0 saturated heterocycles. The largest absolute Gasteiger partial charge is 0.477 e. The number of carboxylic acids is 1. The van der Waals surface area contributed by atoms with Gasteiger partial charge in [0.1, 0.15) is 11.6 Å². The monoisotopic (exact) mass is 241 g/mol. The summed E-state index contributed by atoms with van der Waals surface area (Å²) < 4.78 is 36.6.